The van der Waals surface area contributed by atoms with E-state index in [2.05, 4.69) is 15.3 Å². The summed E-state index contributed by atoms with van der Waals surface area (Å²) in [5, 5.41) is 12.2. The highest BCUT2D eigenvalue weighted by Gasteiger charge is 2.26. The maximum Gasteiger partial charge on any atom is 0.326 e. The van der Waals surface area contributed by atoms with Gasteiger partial charge in [0.15, 0.2) is 0 Å². The van der Waals surface area contributed by atoms with Gasteiger partial charge in [-0.15, -0.1) is 11.8 Å². The van der Waals surface area contributed by atoms with Crippen molar-refractivity contribution in [3.05, 3.63) is 17.1 Å². The summed E-state index contributed by atoms with van der Waals surface area (Å²) in [6.07, 6.45) is 1.81. The van der Waals surface area contributed by atoms with E-state index in [0.29, 0.717) is 22.1 Å². The minimum Gasteiger partial charge on any atom is -0.480 e. The van der Waals surface area contributed by atoms with Crippen molar-refractivity contribution in [3.8, 4) is 0 Å². The van der Waals surface area contributed by atoms with Crippen LogP contribution >= 0.6 is 11.8 Å². The molecule has 1 rings (SSSR count). The molecule has 1 unspecified atom stereocenters. The number of aryl methyl sites for hydroxylation is 2. The summed E-state index contributed by atoms with van der Waals surface area (Å²) in [4.78, 5) is 31.8. The van der Waals surface area contributed by atoms with Crippen LogP contribution < -0.4 is 5.32 Å². The highest BCUT2D eigenvalue weighted by atomic mass is 32.2. The van der Waals surface area contributed by atoms with Gasteiger partial charge in [0.2, 0.25) is 0 Å². The van der Waals surface area contributed by atoms with Crippen LogP contribution in [0, 0.1) is 19.8 Å². The first kappa shape index (κ1) is 16.4. The molecule has 0 aliphatic rings. The van der Waals surface area contributed by atoms with Gasteiger partial charge in [0.1, 0.15) is 16.9 Å². The van der Waals surface area contributed by atoms with Crippen molar-refractivity contribution in [2.45, 2.75) is 38.8 Å². The van der Waals surface area contributed by atoms with E-state index in [1.165, 1.54) is 11.8 Å². The third-order valence-electron chi connectivity index (χ3n) is 2.81. The highest BCUT2D eigenvalue weighted by molar-refractivity contribution is 7.98. The average Bonchev–Trinajstić information content (AvgIpc) is 2.33. The Labute approximate surface area is 122 Å². The number of hydrogen-bond donors (Lipinski definition) is 2. The Morgan fingerprint density at radius 3 is 2.30 bits per heavy atom. The summed E-state index contributed by atoms with van der Waals surface area (Å²) in [6, 6.07) is -0.932. The van der Waals surface area contributed by atoms with Crippen LogP contribution in [-0.4, -0.2) is 39.2 Å². The van der Waals surface area contributed by atoms with Gasteiger partial charge in [-0.25, -0.2) is 14.8 Å². The molecule has 0 aliphatic carbocycles. The summed E-state index contributed by atoms with van der Waals surface area (Å²) in [5.74, 6) is -1.12. The van der Waals surface area contributed by atoms with Gasteiger partial charge in [-0.3, -0.25) is 4.79 Å². The van der Waals surface area contributed by atoms with E-state index in [9.17, 15) is 9.59 Å². The first-order valence-electron chi connectivity index (χ1n) is 6.20. The van der Waals surface area contributed by atoms with E-state index in [1.54, 1.807) is 27.7 Å². The van der Waals surface area contributed by atoms with Crippen LogP contribution in [0.15, 0.2) is 5.03 Å². The summed E-state index contributed by atoms with van der Waals surface area (Å²) >= 11 is 1.34. The lowest BCUT2D eigenvalue weighted by atomic mass is 10.0. The quantitative estimate of drug-likeness (QED) is 0.634. The van der Waals surface area contributed by atoms with Gasteiger partial charge in [0, 0.05) is 0 Å². The van der Waals surface area contributed by atoms with Gasteiger partial charge in [0.05, 0.1) is 11.3 Å². The minimum atomic E-state index is -1.05. The minimum absolute atomic E-state index is 0.208. The van der Waals surface area contributed by atoms with E-state index in [-0.39, 0.29) is 5.92 Å². The van der Waals surface area contributed by atoms with Gasteiger partial charge in [0.25, 0.3) is 5.91 Å². The second-order valence-corrected chi connectivity index (χ2v) is 5.57. The number of amides is 1. The molecule has 0 bridgehead atoms. The Balaban J connectivity index is 3.12. The number of carbonyl (C=O) groups is 2. The number of hydrogen-bond acceptors (Lipinski definition) is 5. The molecule has 20 heavy (non-hydrogen) atoms. The SMILES string of the molecule is CSc1nc(C)nc(C)c1C(=O)NC(C(=O)O)C(C)C. The molecule has 1 aromatic heterocycles. The highest BCUT2D eigenvalue weighted by Crippen LogP contribution is 2.20. The number of carboxylic acids is 1. The summed E-state index contributed by atoms with van der Waals surface area (Å²) in [5.41, 5.74) is 0.891. The number of carbonyl (C=O) groups excluding carboxylic acids is 1. The molecule has 1 heterocycles. The Hall–Kier alpha value is -1.63. The average molecular weight is 297 g/mol. The number of aromatic nitrogens is 2. The van der Waals surface area contributed by atoms with Crippen molar-refractivity contribution in [2.75, 3.05) is 6.26 Å². The molecule has 0 aromatic carbocycles. The van der Waals surface area contributed by atoms with Gasteiger partial charge >= 0.3 is 5.97 Å². The zero-order valence-electron chi connectivity index (χ0n) is 12.2. The van der Waals surface area contributed by atoms with Crippen LogP contribution in [0.5, 0.6) is 0 Å². The van der Waals surface area contributed by atoms with Crippen LogP contribution in [0.3, 0.4) is 0 Å². The zero-order valence-corrected chi connectivity index (χ0v) is 13.0. The topological polar surface area (TPSA) is 92.2 Å². The van der Waals surface area contributed by atoms with E-state index >= 15 is 0 Å². The van der Waals surface area contributed by atoms with Crippen LogP contribution in [0.4, 0.5) is 0 Å². The Bertz CT molecular complexity index is 532. The lowest BCUT2D eigenvalue weighted by Crippen LogP contribution is -2.44. The van der Waals surface area contributed by atoms with Crippen molar-refractivity contribution in [1.29, 1.82) is 0 Å². The van der Waals surface area contributed by atoms with Crippen LogP contribution in [0.2, 0.25) is 0 Å². The number of aliphatic carboxylic acids is 1. The Morgan fingerprint density at radius 1 is 1.25 bits per heavy atom. The molecule has 0 saturated carbocycles. The monoisotopic (exact) mass is 297 g/mol. The van der Waals surface area contributed by atoms with Gasteiger partial charge in [-0.1, -0.05) is 13.8 Å². The fourth-order valence-electron chi connectivity index (χ4n) is 1.82. The number of carboxylic acid groups (broad SMARTS) is 1. The smallest absolute Gasteiger partial charge is 0.326 e. The maximum absolute atomic E-state index is 12.3. The fourth-order valence-corrected chi connectivity index (χ4v) is 2.49. The molecular weight excluding hydrogens is 278 g/mol. The van der Waals surface area contributed by atoms with Crippen LogP contribution in [0.25, 0.3) is 0 Å². The van der Waals surface area contributed by atoms with Gasteiger partial charge in [-0.05, 0) is 26.0 Å². The fraction of sp³-hybridized carbons (Fsp3) is 0.538. The molecular formula is C13H19N3O3S. The molecule has 0 aliphatic heterocycles. The van der Waals surface area contributed by atoms with Crippen molar-refractivity contribution >= 4 is 23.6 Å². The number of rotatable bonds is 5. The molecule has 7 heteroatoms. The molecule has 1 aromatic rings. The Kier molecular flexibility index (Phi) is 5.50. The van der Waals surface area contributed by atoms with Crippen molar-refractivity contribution in [1.82, 2.24) is 15.3 Å². The van der Waals surface area contributed by atoms with Crippen molar-refractivity contribution in [2.24, 2.45) is 5.92 Å². The van der Waals surface area contributed by atoms with Crippen LogP contribution in [0.1, 0.15) is 35.7 Å². The summed E-state index contributed by atoms with van der Waals surface area (Å²) in [6.45, 7) is 6.96. The van der Waals surface area contributed by atoms with E-state index < -0.39 is 17.9 Å². The predicted molar refractivity (Wildman–Crippen MR) is 77.0 cm³/mol. The Morgan fingerprint density at radius 2 is 1.85 bits per heavy atom. The summed E-state index contributed by atoms with van der Waals surface area (Å²) < 4.78 is 0. The van der Waals surface area contributed by atoms with E-state index in [0.717, 1.165) is 0 Å². The summed E-state index contributed by atoms with van der Waals surface area (Å²) in [7, 11) is 0. The number of thioether (sulfide) groups is 1. The molecule has 1 amide bonds. The molecule has 110 valence electrons. The van der Waals surface area contributed by atoms with E-state index in [4.69, 9.17) is 5.11 Å². The predicted octanol–water partition coefficient (Wildman–Crippen LogP) is 1.65. The lowest BCUT2D eigenvalue weighted by molar-refractivity contribution is -0.140. The standard InChI is InChI=1S/C13H19N3O3S/c1-6(2)10(13(18)19)16-11(17)9-7(3)14-8(4)15-12(9)20-5/h6,10H,1-5H3,(H,16,17)(H,18,19). The molecule has 6 nitrogen and oxygen atoms in total. The lowest BCUT2D eigenvalue weighted by Gasteiger charge is -2.19. The second kappa shape index (κ2) is 6.69. The zero-order chi connectivity index (χ0) is 15.4. The molecule has 1 atom stereocenters. The van der Waals surface area contributed by atoms with Crippen molar-refractivity contribution in [3.63, 3.8) is 0 Å². The van der Waals surface area contributed by atoms with Crippen LogP contribution in [-0.2, 0) is 4.79 Å². The van der Waals surface area contributed by atoms with Crippen molar-refractivity contribution < 1.29 is 14.7 Å². The van der Waals surface area contributed by atoms with Gasteiger partial charge < -0.3 is 10.4 Å². The molecule has 0 fully saturated rings. The maximum atomic E-state index is 12.3. The molecule has 0 radical (unpaired) electrons. The first-order valence-corrected chi connectivity index (χ1v) is 7.43. The number of nitrogens with one attached hydrogen (secondary N) is 1. The molecule has 2 N–H and O–H groups in total. The third-order valence-corrected chi connectivity index (χ3v) is 3.49. The first-order chi connectivity index (χ1) is 9.27. The third kappa shape index (κ3) is 3.69. The normalized spacial score (nSPS) is 12.3. The van der Waals surface area contributed by atoms with E-state index in [1.807, 2.05) is 6.26 Å². The second-order valence-electron chi connectivity index (χ2n) is 4.77. The number of nitrogens with zero attached hydrogens (tertiary/aromatic N) is 2. The van der Waals surface area contributed by atoms with Gasteiger partial charge in [-0.2, -0.15) is 0 Å². The molecule has 0 saturated heterocycles. The largest absolute Gasteiger partial charge is 0.480 e. The molecule has 0 spiro atoms.